The fourth-order valence-corrected chi connectivity index (χ4v) is 2.30. The first kappa shape index (κ1) is 16.1. The molecule has 22 heavy (non-hydrogen) atoms. The third-order valence-electron chi connectivity index (χ3n) is 3.49. The van der Waals surface area contributed by atoms with Crippen LogP contribution in [0.4, 0.5) is 5.69 Å². The van der Waals surface area contributed by atoms with Gasteiger partial charge in [0.15, 0.2) is 17.1 Å². The van der Waals surface area contributed by atoms with E-state index in [1.807, 2.05) is 0 Å². The lowest BCUT2D eigenvalue weighted by molar-refractivity contribution is -0.134. The lowest BCUT2D eigenvalue weighted by Gasteiger charge is -2.39. The molecule has 2 N–H and O–H groups in total. The van der Waals surface area contributed by atoms with Crippen LogP contribution in [0.25, 0.3) is 0 Å². The van der Waals surface area contributed by atoms with E-state index >= 15 is 0 Å². The van der Waals surface area contributed by atoms with Crippen LogP contribution < -0.4 is 19.7 Å². The average Bonchev–Trinajstić information content (AvgIpc) is 2.50. The van der Waals surface area contributed by atoms with Gasteiger partial charge in [-0.05, 0) is 31.5 Å². The van der Waals surface area contributed by atoms with E-state index in [1.165, 1.54) is 19.1 Å². The Morgan fingerprint density at radius 1 is 1.45 bits per heavy atom. The predicted molar refractivity (Wildman–Crippen MR) is 80.0 cm³/mol. The van der Waals surface area contributed by atoms with Gasteiger partial charge in [0.1, 0.15) is 6.54 Å². The summed E-state index contributed by atoms with van der Waals surface area (Å²) in [5, 5.41) is 11.9. The highest BCUT2D eigenvalue weighted by atomic mass is 16.5. The second-order valence-corrected chi connectivity index (χ2v) is 5.48. The fraction of sp³-hybridized carbons (Fsp3) is 0.467. The Kier molecular flexibility index (Phi) is 4.27. The van der Waals surface area contributed by atoms with Gasteiger partial charge in [-0.3, -0.25) is 14.5 Å². The zero-order valence-corrected chi connectivity index (χ0v) is 13.1. The maximum atomic E-state index is 12.6. The third kappa shape index (κ3) is 2.71. The van der Waals surface area contributed by atoms with Crippen molar-refractivity contribution in [3.8, 4) is 11.5 Å². The van der Waals surface area contributed by atoms with E-state index in [9.17, 15) is 14.7 Å². The second-order valence-electron chi connectivity index (χ2n) is 5.48. The molecular formula is C15H20N2O5. The molecule has 2 amide bonds. The molecule has 0 bridgehead atoms. The van der Waals surface area contributed by atoms with Crippen molar-refractivity contribution < 1.29 is 24.2 Å². The first-order valence-electron chi connectivity index (χ1n) is 6.87. The van der Waals surface area contributed by atoms with Gasteiger partial charge < -0.3 is 19.9 Å². The van der Waals surface area contributed by atoms with Gasteiger partial charge in [0.25, 0.3) is 5.91 Å². The Balaban J connectivity index is 2.60. The molecule has 2 rings (SSSR count). The van der Waals surface area contributed by atoms with Crippen LogP contribution in [0.15, 0.2) is 12.1 Å². The van der Waals surface area contributed by atoms with Crippen LogP contribution in [0, 0.1) is 0 Å². The first-order valence-corrected chi connectivity index (χ1v) is 6.87. The number of benzene rings is 1. The fourth-order valence-electron chi connectivity index (χ4n) is 2.30. The van der Waals surface area contributed by atoms with Crippen molar-refractivity contribution in [1.29, 1.82) is 0 Å². The van der Waals surface area contributed by atoms with E-state index in [4.69, 9.17) is 9.47 Å². The van der Waals surface area contributed by atoms with Crippen molar-refractivity contribution in [2.75, 3.05) is 25.6 Å². The number of aliphatic hydroxyl groups excluding tert-OH is 1. The van der Waals surface area contributed by atoms with E-state index in [0.717, 1.165) is 0 Å². The monoisotopic (exact) mass is 308 g/mol. The lowest BCUT2D eigenvalue weighted by Crippen LogP contribution is -2.54. The maximum absolute atomic E-state index is 12.6. The number of likely N-dealkylation sites (N-methyl/N-ethyl adjacent to an activating group) is 1. The molecule has 0 atom stereocenters. The molecule has 1 aliphatic heterocycles. The summed E-state index contributed by atoms with van der Waals surface area (Å²) in [6.07, 6.45) is 0. The van der Waals surface area contributed by atoms with Gasteiger partial charge in [-0.25, -0.2) is 0 Å². The zero-order valence-electron chi connectivity index (χ0n) is 13.1. The number of carbonyl (C=O) groups excluding carboxylic acids is 2. The predicted octanol–water partition coefficient (Wildman–Crippen LogP) is 0.437. The number of hydrogen-bond donors (Lipinski definition) is 2. The highest BCUT2D eigenvalue weighted by molar-refractivity contribution is 6.06. The minimum atomic E-state index is -1.12. The van der Waals surface area contributed by atoms with Crippen molar-refractivity contribution in [3.05, 3.63) is 17.7 Å². The van der Waals surface area contributed by atoms with Crippen LogP contribution >= 0.6 is 0 Å². The molecule has 0 radical (unpaired) electrons. The highest BCUT2D eigenvalue weighted by Crippen LogP contribution is 2.45. The molecule has 0 saturated heterocycles. The van der Waals surface area contributed by atoms with Crippen LogP contribution in [0.2, 0.25) is 0 Å². The Bertz CT molecular complexity index is 612. The van der Waals surface area contributed by atoms with Crippen LogP contribution in [0.3, 0.4) is 0 Å². The van der Waals surface area contributed by atoms with Crippen molar-refractivity contribution in [2.24, 2.45) is 0 Å². The summed E-state index contributed by atoms with van der Waals surface area (Å²) in [7, 11) is 2.98. The molecule has 0 spiro atoms. The molecule has 1 aromatic rings. The van der Waals surface area contributed by atoms with Crippen molar-refractivity contribution >= 4 is 17.5 Å². The Labute approximate surface area is 128 Å². The van der Waals surface area contributed by atoms with Crippen LogP contribution in [-0.2, 0) is 16.2 Å². The van der Waals surface area contributed by atoms with E-state index in [0.29, 0.717) is 22.7 Å². The van der Waals surface area contributed by atoms with Gasteiger partial charge in [-0.1, -0.05) is 0 Å². The van der Waals surface area contributed by atoms with Crippen molar-refractivity contribution in [2.45, 2.75) is 26.1 Å². The standard InChI is InChI=1S/C15H20N2O5/c1-15(2)14(20)17(7-12(19)16-3)10-5-9(8-18)6-11(21-4)13(10)22-15/h5-6,18H,7-8H2,1-4H3,(H,16,19). The summed E-state index contributed by atoms with van der Waals surface area (Å²) >= 11 is 0. The molecule has 0 unspecified atom stereocenters. The lowest BCUT2D eigenvalue weighted by atomic mass is 10.0. The summed E-state index contributed by atoms with van der Waals surface area (Å²) < 4.78 is 11.1. The normalized spacial score (nSPS) is 15.9. The Hall–Kier alpha value is -2.28. The van der Waals surface area contributed by atoms with Crippen LogP contribution in [0.5, 0.6) is 11.5 Å². The third-order valence-corrected chi connectivity index (χ3v) is 3.49. The first-order chi connectivity index (χ1) is 10.3. The molecule has 120 valence electrons. The summed E-state index contributed by atoms with van der Waals surface area (Å²) in [6, 6.07) is 3.26. The molecule has 1 aliphatic rings. The van der Waals surface area contributed by atoms with E-state index in [1.54, 1.807) is 26.0 Å². The van der Waals surface area contributed by atoms with Gasteiger partial charge in [0.2, 0.25) is 5.91 Å². The summed E-state index contributed by atoms with van der Waals surface area (Å²) in [6.45, 7) is 2.92. The number of nitrogens with one attached hydrogen (secondary N) is 1. The van der Waals surface area contributed by atoms with Gasteiger partial charge in [-0.15, -0.1) is 0 Å². The molecule has 7 heteroatoms. The molecule has 1 heterocycles. The molecule has 7 nitrogen and oxygen atoms in total. The number of hydrogen-bond acceptors (Lipinski definition) is 5. The molecule has 0 fully saturated rings. The molecular weight excluding hydrogens is 288 g/mol. The van der Waals surface area contributed by atoms with E-state index in [-0.39, 0.29) is 25.0 Å². The van der Waals surface area contributed by atoms with Crippen molar-refractivity contribution in [3.63, 3.8) is 0 Å². The quantitative estimate of drug-likeness (QED) is 0.842. The summed E-state index contributed by atoms with van der Waals surface area (Å²) in [5.41, 5.74) is -0.139. The number of ether oxygens (including phenoxy) is 2. The largest absolute Gasteiger partial charge is 0.493 e. The Morgan fingerprint density at radius 3 is 2.68 bits per heavy atom. The number of fused-ring (bicyclic) bond motifs is 1. The molecule has 0 aliphatic carbocycles. The highest BCUT2D eigenvalue weighted by Gasteiger charge is 2.43. The van der Waals surface area contributed by atoms with Crippen LogP contribution in [0.1, 0.15) is 19.4 Å². The summed E-state index contributed by atoms with van der Waals surface area (Å²) in [5.74, 6) is 0.156. The minimum absolute atomic E-state index is 0.132. The van der Waals surface area contributed by atoms with E-state index < -0.39 is 5.60 Å². The maximum Gasteiger partial charge on any atom is 0.271 e. The Morgan fingerprint density at radius 2 is 2.14 bits per heavy atom. The van der Waals surface area contributed by atoms with Crippen molar-refractivity contribution in [1.82, 2.24) is 5.32 Å². The zero-order chi connectivity index (χ0) is 16.5. The average molecular weight is 308 g/mol. The van der Waals surface area contributed by atoms with Crippen LogP contribution in [-0.4, -0.2) is 43.2 Å². The number of amides is 2. The topological polar surface area (TPSA) is 88.1 Å². The molecule has 1 aromatic carbocycles. The number of anilines is 1. The SMILES string of the molecule is CNC(=O)CN1C(=O)C(C)(C)Oc2c(OC)cc(CO)cc21. The molecule has 0 aromatic heterocycles. The summed E-state index contributed by atoms with van der Waals surface area (Å²) in [4.78, 5) is 25.7. The van der Waals surface area contributed by atoms with E-state index in [2.05, 4.69) is 5.32 Å². The number of aliphatic hydroxyl groups is 1. The molecule has 0 saturated carbocycles. The second kappa shape index (κ2) is 5.84. The van der Waals surface area contributed by atoms with Gasteiger partial charge in [0.05, 0.1) is 19.4 Å². The smallest absolute Gasteiger partial charge is 0.271 e. The number of carbonyl (C=O) groups is 2. The number of rotatable bonds is 4. The minimum Gasteiger partial charge on any atom is -0.493 e. The number of nitrogens with zero attached hydrogens (tertiary/aromatic N) is 1. The van der Waals surface area contributed by atoms with Gasteiger partial charge in [-0.2, -0.15) is 0 Å². The van der Waals surface area contributed by atoms with Gasteiger partial charge >= 0.3 is 0 Å². The number of methoxy groups -OCH3 is 1. The van der Waals surface area contributed by atoms with Gasteiger partial charge in [0, 0.05) is 7.05 Å².